The Labute approximate surface area is 99.5 Å². The zero-order valence-electron chi connectivity index (χ0n) is 9.91. The van der Waals surface area contributed by atoms with Gasteiger partial charge in [0.2, 0.25) is 0 Å². The molecule has 1 rings (SSSR count). The number of H-pyrrole nitrogens is 1. The molecule has 0 fully saturated rings. The summed E-state index contributed by atoms with van der Waals surface area (Å²) >= 11 is 1.74. The second kappa shape index (κ2) is 6.06. The van der Waals surface area contributed by atoms with Crippen LogP contribution in [0.4, 0.5) is 0 Å². The van der Waals surface area contributed by atoms with Crippen LogP contribution >= 0.6 is 11.8 Å². The average Bonchev–Trinajstić information content (AvgIpc) is 2.20. The minimum atomic E-state index is -0.124. The smallest absolute Gasteiger partial charge is 0.254 e. The van der Waals surface area contributed by atoms with E-state index in [4.69, 9.17) is 5.11 Å². The minimum absolute atomic E-state index is 0.0221. The van der Waals surface area contributed by atoms with Gasteiger partial charge in [0.25, 0.3) is 5.56 Å². The third-order valence-electron chi connectivity index (χ3n) is 2.19. The van der Waals surface area contributed by atoms with Crippen molar-refractivity contribution in [2.24, 2.45) is 0 Å². The molecule has 0 bridgehead atoms. The molecular weight excluding hydrogens is 224 g/mol. The lowest BCUT2D eigenvalue weighted by molar-refractivity contribution is 0.298. The number of hydrogen-bond acceptors (Lipinski definition) is 4. The van der Waals surface area contributed by atoms with Crippen molar-refractivity contribution in [2.45, 2.75) is 38.2 Å². The van der Waals surface area contributed by atoms with Gasteiger partial charge >= 0.3 is 0 Å². The van der Waals surface area contributed by atoms with E-state index < -0.39 is 0 Å². The fraction of sp³-hybridized carbons (Fsp3) is 0.636. The Hall–Kier alpha value is -0.810. The van der Waals surface area contributed by atoms with Crippen LogP contribution < -0.4 is 5.56 Å². The van der Waals surface area contributed by atoms with Crippen molar-refractivity contribution >= 4 is 11.8 Å². The summed E-state index contributed by atoms with van der Waals surface area (Å²) in [5.74, 6) is 1.43. The predicted octanol–water partition coefficient (Wildman–Crippen LogP) is 1.25. The topological polar surface area (TPSA) is 66.0 Å². The van der Waals surface area contributed by atoms with Gasteiger partial charge in [0, 0.05) is 24.3 Å². The van der Waals surface area contributed by atoms with E-state index in [-0.39, 0.29) is 12.2 Å². The monoisotopic (exact) mass is 242 g/mol. The number of aliphatic hydroxyl groups is 1. The molecule has 0 radical (unpaired) electrons. The third kappa shape index (κ3) is 3.64. The number of aromatic nitrogens is 2. The summed E-state index contributed by atoms with van der Waals surface area (Å²) in [4.78, 5) is 18.8. The number of aromatic amines is 1. The van der Waals surface area contributed by atoms with Gasteiger partial charge in [-0.3, -0.25) is 4.79 Å². The van der Waals surface area contributed by atoms with Crippen molar-refractivity contribution in [3.63, 3.8) is 0 Å². The number of aliphatic hydroxyl groups excluding tert-OH is 1. The first-order valence-corrected chi connectivity index (χ1v) is 6.40. The lowest BCUT2D eigenvalue weighted by Crippen LogP contribution is -2.19. The molecule has 0 spiro atoms. The zero-order valence-corrected chi connectivity index (χ0v) is 10.7. The van der Waals surface area contributed by atoms with Gasteiger partial charge in [-0.1, -0.05) is 13.8 Å². The van der Waals surface area contributed by atoms with Gasteiger partial charge in [-0.25, -0.2) is 4.98 Å². The first-order chi connectivity index (χ1) is 7.54. The summed E-state index contributed by atoms with van der Waals surface area (Å²) in [6.07, 6.45) is 0.367. The Morgan fingerprint density at radius 3 is 2.69 bits per heavy atom. The highest BCUT2D eigenvalue weighted by molar-refractivity contribution is 7.99. The van der Waals surface area contributed by atoms with Crippen LogP contribution in [0.1, 0.15) is 30.9 Å². The van der Waals surface area contributed by atoms with Crippen LogP contribution in [0.3, 0.4) is 0 Å². The fourth-order valence-electron chi connectivity index (χ4n) is 1.39. The molecule has 0 atom stereocenters. The Kier molecular flexibility index (Phi) is 5.02. The largest absolute Gasteiger partial charge is 0.396 e. The summed E-state index contributed by atoms with van der Waals surface area (Å²) in [6, 6.07) is 0. The lowest BCUT2D eigenvalue weighted by atomic mass is 10.2. The first kappa shape index (κ1) is 13.3. The van der Waals surface area contributed by atoms with Crippen LogP contribution in [0, 0.1) is 6.92 Å². The number of nitrogens with one attached hydrogen (secondary N) is 1. The molecule has 2 N–H and O–H groups in total. The van der Waals surface area contributed by atoms with Crippen LogP contribution in [-0.4, -0.2) is 26.9 Å². The van der Waals surface area contributed by atoms with E-state index in [0.717, 1.165) is 5.69 Å². The molecule has 0 amide bonds. The maximum Gasteiger partial charge on any atom is 0.254 e. The van der Waals surface area contributed by atoms with Crippen LogP contribution in [0.15, 0.2) is 4.79 Å². The van der Waals surface area contributed by atoms with Gasteiger partial charge in [0.05, 0.1) is 5.75 Å². The van der Waals surface area contributed by atoms with Gasteiger partial charge in [-0.15, -0.1) is 0 Å². The van der Waals surface area contributed by atoms with E-state index in [9.17, 15) is 4.79 Å². The van der Waals surface area contributed by atoms with E-state index in [0.29, 0.717) is 28.8 Å². The first-order valence-electron chi connectivity index (χ1n) is 5.35. The fourth-order valence-corrected chi connectivity index (χ4v) is 2.02. The van der Waals surface area contributed by atoms with Crippen LogP contribution in [0.2, 0.25) is 0 Å². The summed E-state index contributed by atoms with van der Waals surface area (Å²) in [7, 11) is 0. The normalized spacial score (nSPS) is 11.1. The van der Waals surface area contributed by atoms with E-state index in [2.05, 4.69) is 23.8 Å². The second-order valence-electron chi connectivity index (χ2n) is 3.91. The molecule has 0 saturated heterocycles. The van der Waals surface area contributed by atoms with Crippen molar-refractivity contribution in [2.75, 3.05) is 6.61 Å². The van der Waals surface area contributed by atoms with E-state index in [1.807, 2.05) is 6.92 Å². The van der Waals surface area contributed by atoms with Gasteiger partial charge in [-0.2, -0.15) is 11.8 Å². The molecule has 1 heterocycles. The molecule has 0 aromatic carbocycles. The van der Waals surface area contributed by atoms with Gasteiger partial charge in [0.1, 0.15) is 5.82 Å². The van der Waals surface area contributed by atoms with Crippen molar-refractivity contribution in [1.82, 2.24) is 9.97 Å². The van der Waals surface area contributed by atoms with Crippen LogP contribution in [0.25, 0.3) is 0 Å². The standard InChI is InChI=1S/C11H18N2O2S/c1-7(2)16-6-10-12-8(3)9(4-5-14)11(15)13-10/h7,14H,4-6H2,1-3H3,(H,12,13,15). The SMILES string of the molecule is Cc1nc(CSC(C)C)[nH]c(=O)c1CCO. The molecule has 0 aliphatic heterocycles. The number of nitrogens with zero attached hydrogens (tertiary/aromatic N) is 1. The van der Waals surface area contributed by atoms with Crippen LogP contribution in [-0.2, 0) is 12.2 Å². The van der Waals surface area contributed by atoms with Gasteiger partial charge in [0.15, 0.2) is 0 Å². The lowest BCUT2D eigenvalue weighted by Gasteiger charge is -2.07. The van der Waals surface area contributed by atoms with Crippen molar-refractivity contribution in [3.05, 3.63) is 27.4 Å². The summed E-state index contributed by atoms with van der Waals surface area (Å²) in [6.45, 7) is 6.00. The Morgan fingerprint density at radius 1 is 1.50 bits per heavy atom. The predicted molar refractivity (Wildman–Crippen MR) is 66.8 cm³/mol. The number of rotatable bonds is 5. The number of thioether (sulfide) groups is 1. The molecule has 4 nitrogen and oxygen atoms in total. The van der Waals surface area contributed by atoms with Gasteiger partial charge in [-0.05, 0) is 12.2 Å². The van der Waals surface area contributed by atoms with Crippen LogP contribution in [0.5, 0.6) is 0 Å². The summed E-state index contributed by atoms with van der Waals surface area (Å²) in [5.41, 5.74) is 1.18. The molecule has 0 aliphatic rings. The maximum absolute atomic E-state index is 11.7. The molecule has 1 aromatic rings. The highest BCUT2D eigenvalue weighted by Crippen LogP contribution is 2.14. The zero-order chi connectivity index (χ0) is 12.1. The quantitative estimate of drug-likeness (QED) is 0.815. The highest BCUT2D eigenvalue weighted by Gasteiger charge is 2.08. The van der Waals surface area contributed by atoms with Gasteiger partial charge < -0.3 is 10.1 Å². The minimum Gasteiger partial charge on any atom is -0.396 e. The average molecular weight is 242 g/mol. The Balaban J connectivity index is 2.87. The van der Waals surface area contributed by atoms with Crippen molar-refractivity contribution in [1.29, 1.82) is 0 Å². The molecular formula is C11H18N2O2S. The molecule has 16 heavy (non-hydrogen) atoms. The summed E-state index contributed by atoms with van der Waals surface area (Å²) in [5, 5.41) is 9.35. The van der Waals surface area contributed by atoms with Crippen molar-refractivity contribution < 1.29 is 5.11 Å². The Morgan fingerprint density at radius 2 is 2.19 bits per heavy atom. The highest BCUT2D eigenvalue weighted by atomic mass is 32.2. The number of hydrogen-bond donors (Lipinski definition) is 2. The maximum atomic E-state index is 11.7. The Bertz CT molecular complexity index is 401. The molecule has 0 saturated carbocycles. The summed E-state index contributed by atoms with van der Waals surface area (Å²) < 4.78 is 0. The molecule has 90 valence electrons. The molecule has 0 unspecified atom stereocenters. The molecule has 0 aliphatic carbocycles. The van der Waals surface area contributed by atoms with E-state index in [1.165, 1.54) is 0 Å². The van der Waals surface area contributed by atoms with E-state index in [1.54, 1.807) is 11.8 Å². The number of aryl methyl sites for hydroxylation is 1. The van der Waals surface area contributed by atoms with Crippen molar-refractivity contribution in [3.8, 4) is 0 Å². The molecule has 1 aromatic heterocycles. The van der Waals surface area contributed by atoms with E-state index >= 15 is 0 Å². The molecule has 5 heteroatoms. The second-order valence-corrected chi connectivity index (χ2v) is 5.47. The third-order valence-corrected chi connectivity index (χ3v) is 3.29.